The summed E-state index contributed by atoms with van der Waals surface area (Å²) in [7, 11) is 0. The standard InChI is InChI=1S/C12H17N3O/c1-10-4-2-3-5-11(10)13-6-8-15-9-7-14-12(15)16/h2-5,13H,6-9H2,1H3,(H,14,16). The number of carbonyl (C=O) groups is 1. The Morgan fingerprint density at radius 1 is 1.44 bits per heavy atom. The summed E-state index contributed by atoms with van der Waals surface area (Å²) in [6.45, 7) is 5.20. The summed E-state index contributed by atoms with van der Waals surface area (Å²) in [4.78, 5) is 13.1. The minimum atomic E-state index is 0.0478. The molecule has 86 valence electrons. The number of benzene rings is 1. The smallest absolute Gasteiger partial charge is 0.317 e. The monoisotopic (exact) mass is 219 g/mol. The fourth-order valence-electron chi connectivity index (χ4n) is 1.82. The van der Waals surface area contributed by atoms with Crippen LogP contribution in [0.2, 0.25) is 0 Å². The number of carbonyl (C=O) groups excluding carboxylic acids is 1. The second-order valence-electron chi connectivity index (χ2n) is 3.96. The molecule has 0 aliphatic carbocycles. The topological polar surface area (TPSA) is 44.4 Å². The van der Waals surface area contributed by atoms with Gasteiger partial charge in [0.2, 0.25) is 0 Å². The molecule has 1 saturated heterocycles. The minimum Gasteiger partial charge on any atom is -0.383 e. The molecular weight excluding hydrogens is 202 g/mol. The van der Waals surface area contributed by atoms with E-state index in [4.69, 9.17) is 0 Å². The molecule has 1 fully saturated rings. The van der Waals surface area contributed by atoms with E-state index in [9.17, 15) is 4.79 Å². The highest BCUT2D eigenvalue weighted by molar-refractivity contribution is 5.76. The van der Waals surface area contributed by atoms with Crippen LogP contribution >= 0.6 is 0 Å². The van der Waals surface area contributed by atoms with Gasteiger partial charge in [-0.2, -0.15) is 0 Å². The number of urea groups is 1. The van der Waals surface area contributed by atoms with Crippen LogP contribution in [-0.4, -0.2) is 37.1 Å². The minimum absolute atomic E-state index is 0.0478. The Labute approximate surface area is 95.6 Å². The summed E-state index contributed by atoms with van der Waals surface area (Å²) in [6, 6.07) is 8.21. The quantitative estimate of drug-likeness (QED) is 0.804. The largest absolute Gasteiger partial charge is 0.383 e. The zero-order valence-corrected chi connectivity index (χ0v) is 9.49. The lowest BCUT2D eigenvalue weighted by Gasteiger charge is -2.15. The van der Waals surface area contributed by atoms with Gasteiger partial charge in [-0.3, -0.25) is 0 Å². The summed E-state index contributed by atoms with van der Waals surface area (Å²) in [5.74, 6) is 0. The van der Waals surface area contributed by atoms with Crippen molar-refractivity contribution in [3.8, 4) is 0 Å². The molecule has 16 heavy (non-hydrogen) atoms. The number of para-hydroxylation sites is 1. The average molecular weight is 219 g/mol. The van der Waals surface area contributed by atoms with E-state index in [1.165, 1.54) is 5.56 Å². The molecule has 0 spiro atoms. The van der Waals surface area contributed by atoms with Gasteiger partial charge in [0.25, 0.3) is 0 Å². The molecule has 4 nitrogen and oxygen atoms in total. The molecule has 0 bridgehead atoms. The zero-order valence-electron chi connectivity index (χ0n) is 9.49. The Morgan fingerprint density at radius 2 is 2.25 bits per heavy atom. The first-order valence-electron chi connectivity index (χ1n) is 5.59. The van der Waals surface area contributed by atoms with Gasteiger partial charge in [-0.15, -0.1) is 0 Å². The first kappa shape index (κ1) is 10.8. The van der Waals surface area contributed by atoms with Gasteiger partial charge in [0.15, 0.2) is 0 Å². The summed E-state index contributed by atoms with van der Waals surface area (Å²) in [5.41, 5.74) is 2.37. The number of aryl methyl sites for hydroxylation is 1. The van der Waals surface area contributed by atoms with Crippen LogP contribution in [0.4, 0.5) is 10.5 Å². The molecule has 4 heteroatoms. The molecule has 0 saturated carbocycles. The second kappa shape index (κ2) is 4.88. The second-order valence-corrected chi connectivity index (χ2v) is 3.96. The van der Waals surface area contributed by atoms with E-state index in [1.807, 2.05) is 17.0 Å². The normalized spacial score (nSPS) is 15.1. The van der Waals surface area contributed by atoms with Crippen molar-refractivity contribution in [2.45, 2.75) is 6.92 Å². The van der Waals surface area contributed by atoms with E-state index in [2.05, 4.69) is 29.7 Å². The Hall–Kier alpha value is -1.71. The third kappa shape index (κ3) is 2.45. The predicted octanol–water partition coefficient (Wildman–Crippen LogP) is 1.43. The fourth-order valence-corrected chi connectivity index (χ4v) is 1.82. The first-order chi connectivity index (χ1) is 7.77. The number of rotatable bonds is 4. The SMILES string of the molecule is Cc1ccccc1NCCN1CCNC1=O. The van der Waals surface area contributed by atoms with Crippen LogP contribution in [0.25, 0.3) is 0 Å². The molecule has 0 unspecified atom stereocenters. The summed E-state index contributed by atoms with van der Waals surface area (Å²) in [6.07, 6.45) is 0. The molecule has 2 N–H and O–H groups in total. The van der Waals surface area contributed by atoms with Gasteiger partial charge in [-0.25, -0.2) is 4.79 Å². The van der Waals surface area contributed by atoms with Crippen molar-refractivity contribution in [3.63, 3.8) is 0 Å². The molecule has 1 aliphatic rings. The van der Waals surface area contributed by atoms with Crippen LogP contribution in [0.3, 0.4) is 0 Å². The number of anilines is 1. The molecule has 0 atom stereocenters. The third-order valence-electron chi connectivity index (χ3n) is 2.79. The molecule has 1 aromatic carbocycles. The molecular formula is C12H17N3O. The van der Waals surface area contributed by atoms with E-state index >= 15 is 0 Å². The fraction of sp³-hybridized carbons (Fsp3) is 0.417. The molecule has 1 heterocycles. The zero-order chi connectivity index (χ0) is 11.4. The summed E-state index contributed by atoms with van der Waals surface area (Å²) in [5, 5.41) is 6.13. The summed E-state index contributed by atoms with van der Waals surface area (Å²) < 4.78 is 0. The highest BCUT2D eigenvalue weighted by atomic mass is 16.2. The summed E-state index contributed by atoms with van der Waals surface area (Å²) >= 11 is 0. The van der Waals surface area contributed by atoms with E-state index in [1.54, 1.807) is 0 Å². The molecule has 2 rings (SSSR count). The number of nitrogens with zero attached hydrogens (tertiary/aromatic N) is 1. The Bertz CT molecular complexity index is 378. The maximum Gasteiger partial charge on any atom is 0.317 e. The van der Waals surface area contributed by atoms with Crippen molar-refractivity contribution in [1.29, 1.82) is 0 Å². The van der Waals surface area contributed by atoms with Crippen LogP contribution in [0.15, 0.2) is 24.3 Å². The molecule has 1 aliphatic heterocycles. The van der Waals surface area contributed by atoms with Crippen molar-refractivity contribution in [2.24, 2.45) is 0 Å². The van der Waals surface area contributed by atoms with Crippen molar-refractivity contribution >= 4 is 11.7 Å². The number of hydrogen-bond acceptors (Lipinski definition) is 2. The third-order valence-corrected chi connectivity index (χ3v) is 2.79. The lowest BCUT2D eigenvalue weighted by Crippen LogP contribution is -2.32. The highest BCUT2D eigenvalue weighted by Gasteiger charge is 2.18. The van der Waals surface area contributed by atoms with E-state index < -0.39 is 0 Å². The number of hydrogen-bond donors (Lipinski definition) is 2. The van der Waals surface area contributed by atoms with Crippen molar-refractivity contribution in [2.75, 3.05) is 31.5 Å². The van der Waals surface area contributed by atoms with Gasteiger partial charge in [-0.05, 0) is 18.6 Å². The van der Waals surface area contributed by atoms with Crippen molar-refractivity contribution in [1.82, 2.24) is 10.2 Å². The predicted molar refractivity (Wildman–Crippen MR) is 64.6 cm³/mol. The van der Waals surface area contributed by atoms with Gasteiger partial charge in [-0.1, -0.05) is 18.2 Å². The maximum absolute atomic E-state index is 11.3. The van der Waals surface area contributed by atoms with Crippen LogP contribution in [-0.2, 0) is 0 Å². The van der Waals surface area contributed by atoms with Gasteiger partial charge in [0.1, 0.15) is 0 Å². The lowest BCUT2D eigenvalue weighted by molar-refractivity contribution is 0.219. The number of amides is 2. The van der Waals surface area contributed by atoms with E-state index in [0.29, 0.717) is 0 Å². The van der Waals surface area contributed by atoms with Crippen LogP contribution in [0, 0.1) is 6.92 Å². The van der Waals surface area contributed by atoms with Crippen LogP contribution in [0.5, 0.6) is 0 Å². The number of nitrogens with one attached hydrogen (secondary N) is 2. The molecule has 1 aromatic rings. The maximum atomic E-state index is 11.3. The van der Waals surface area contributed by atoms with Crippen molar-refractivity contribution < 1.29 is 4.79 Å². The van der Waals surface area contributed by atoms with Gasteiger partial charge in [0.05, 0.1) is 0 Å². The van der Waals surface area contributed by atoms with E-state index in [-0.39, 0.29) is 6.03 Å². The molecule has 2 amide bonds. The van der Waals surface area contributed by atoms with Gasteiger partial charge < -0.3 is 15.5 Å². The Kier molecular flexibility index (Phi) is 3.29. The van der Waals surface area contributed by atoms with E-state index in [0.717, 1.165) is 31.9 Å². The Morgan fingerprint density at radius 3 is 2.94 bits per heavy atom. The lowest BCUT2D eigenvalue weighted by atomic mass is 10.2. The van der Waals surface area contributed by atoms with Crippen LogP contribution < -0.4 is 10.6 Å². The van der Waals surface area contributed by atoms with Gasteiger partial charge in [0, 0.05) is 31.9 Å². The van der Waals surface area contributed by atoms with Crippen molar-refractivity contribution in [3.05, 3.63) is 29.8 Å². The molecule has 0 aromatic heterocycles. The van der Waals surface area contributed by atoms with Gasteiger partial charge >= 0.3 is 6.03 Å². The first-order valence-corrected chi connectivity index (χ1v) is 5.59. The Balaban J connectivity index is 1.80. The highest BCUT2D eigenvalue weighted by Crippen LogP contribution is 2.12. The van der Waals surface area contributed by atoms with Crippen LogP contribution in [0.1, 0.15) is 5.56 Å². The molecule has 0 radical (unpaired) electrons. The average Bonchev–Trinajstić information content (AvgIpc) is 2.67.